The molecule has 0 aromatic carbocycles. The van der Waals surface area contributed by atoms with Crippen LogP contribution in [0, 0.1) is 0 Å². The zero-order valence-electron chi connectivity index (χ0n) is 14.2. The number of rotatable bonds is 4. The number of halogens is 3. The Balaban J connectivity index is 2.14. The number of aromatic nitrogens is 5. The van der Waals surface area contributed by atoms with Crippen molar-refractivity contribution in [3.05, 3.63) is 44.7 Å². The quantitative estimate of drug-likeness (QED) is 0.695. The van der Waals surface area contributed by atoms with E-state index in [0.717, 1.165) is 15.5 Å². The summed E-state index contributed by atoms with van der Waals surface area (Å²) in [5, 5.41) is 3.85. The fraction of sp³-hybridized carbons (Fsp3) is 0.467. The number of hydrogen-bond donors (Lipinski definition) is 0. The molecule has 8 nitrogen and oxygen atoms in total. The van der Waals surface area contributed by atoms with Crippen LogP contribution in [-0.4, -0.2) is 30.0 Å². The highest BCUT2D eigenvalue weighted by molar-refractivity contribution is 5.70. The molecule has 3 heterocycles. The van der Waals surface area contributed by atoms with Gasteiger partial charge in [0.15, 0.2) is 16.9 Å². The summed E-state index contributed by atoms with van der Waals surface area (Å²) in [6, 6.07) is 1.60. The summed E-state index contributed by atoms with van der Waals surface area (Å²) in [6.45, 7) is 2.18. The Morgan fingerprint density at radius 1 is 1.27 bits per heavy atom. The molecule has 3 aromatic heterocycles. The van der Waals surface area contributed by atoms with Gasteiger partial charge in [0, 0.05) is 13.1 Å². The molecule has 140 valence electrons. The van der Waals surface area contributed by atoms with Gasteiger partial charge in [-0.15, -0.1) is 0 Å². The number of imidazole rings is 1. The number of nitrogens with zero attached hydrogens (tertiary/aromatic N) is 5. The van der Waals surface area contributed by atoms with E-state index in [-0.39, 0.29) is 29.4 Å². The van der Waals surface area contributed by atoms with E-state index in [0.29, 0.717) is 10.3 Å². The molecular weight excluding hydrogens is 355 g/mol. The third-order valence-corrected chi connectivity index (χ3v) is 3.93. The van der Waals surface area contributed by atoms with E-state index in [1.54, 1.807) is 6.07 Å². The first-order valence-electron chi connectivity index (χ1n) is 7.75. The topological polar surface area (TPSA) is 87.9 Å². The second kappa shape index (κ2) is 6.15. The third-order valence-electron chi connectivity index (χ3n) is 3.93. The average molecular weight is 371 g/mol. The molecule has 0 spiro atoms. The molecule has 0 bridgehead atoms. The van der Waals surface area contributed by atoms with Crippen LogP contribution in [0.25, 0.3) is 11.2 Å². The lowest BCUT2D eigenvalue weighted by molar-refractivity contribution is -0.140. The van der Waals surface area contributed by atoms with E-state index in [9.17, 15) is 22.8 Å². The van der Waals surface area contributed by atoms with Gasteiger partial charge in [0.2, 0.25) is 0 Å². The van der Waals surface area contributed by atoms with Crippen molar-refractivity contribution in [2.45, 2.75) is 39.0 Å². The molecule has 26 heavy (non-hydrogen) atoms. The average Bonchev–Trinajstić information content (AvgIpc) is 3.15. The molecule has 3 aromatic rings. The molecule has 0 saturated heterocycles. The fourth-order valence-corrected chi connectivity index (χ4v) is 2.61. The molecule has 3 rings (SSSR count). The Kier molecular flexibility index (Phi) is 4.24. The maximum absolute atomic E-state index is 12.7. The number of fused-ring (bicyclic) bond motifs is 1. The van der Waals surface area contributed by atoms with Crippen LogP contribution in [0.15, 0.2) is 26.5 Å². The van der Waals surface area contributed by atoms with Gasteiger partial charge in [0.25, 0.3) is 5.56 Å². The van der Waals surface area contributed by atoms with Gasteiger partial charge >= 0.3 is 11.9 Å². The predicted octanol–water partition coefficient (Wildman–Crippen LogP) is 1.62. The first-order chi connectivity index (χ1) is 12.1. The van der Waals surface area contributed by atoms with Crippen LogP contribution < -0.4 is 11.2 Å². The lowest BCUT2D eigenvalue weighted by Crippen LogP contribution is -2.40. The summed E-state index contributed by atoms with van der Waals surface area (Å²) in [5.41, 5.74) is -1.34. The first-order valence-corrected chi connectivity index (χ1v) is 7.75. The van der Waals surface area contributed by atoms with Crippen molar-refractivity contribution < 1.29 is 17.7 Å². The van der Waals surface area contributed by atoms with Crippen molar-refractivity contribution in [2.24, 2.45) is 7.05 Å². The van der Waals surface area contributed by atoms with Crippen LogP contribution in [0.5, 0.6) is 0 Å². The standard InChI is InChI=1S/C15H16F3N5O3/c1-8(2)10-4-9(26-20-10)5-23-13(24)11-12(21(3)14(23)25)19-7-22(11)6-15(16,17)18/h4,7-8H,5-6H2,1-3H3. The van der Waals surface area contributed by atoms with Crippen molar-refractivity contribution in [3.8, 4) is 0 Å². The van der Waals surface area contributed by atoms with Crippen molar-refractivity contribution >= 4 is 11.2 Å². The molecule has 0 radical (unpaired) electrons. The predicted molar refractivity (Wildman–Crippen MR) is 85.0 cm³/mol. The Labute approximate surface area is 144 Å². The van der Waals surface area contributed by atoms with E-state index in [4.69, 9.17) is 4.52 Å². The molecule has 0 aliphatic rings. The summed E-state index contributed by atoms with van der Waals surface area (Å²) in [4.78, 5) is 28.9. The van der Waals surface area contributed by atoms with Gasteiger partial charge in [-0.3, -0.25) is 13.9 Å². The second-order valence-electron chi connectivity index (χ2n) is 6.27. The van der Waals surface area contributed by atoms with E-state index in [2.05, 4.69) is 10.1 Å². The lowest BCUT2D eigenvalue weighted by atomic mass is 10.1. The van der Waals surface area contributed by atoms with E-state index < -0.39 is 24.0 Å². The first kappa shape index (κ1) is 18.0. The zero-order chi connectivity index (χ0) is 19.2. The molecular formula is C15H16F3N5O3. The molecule has 0 N–H and O–H groups in total. The summed E-state index contributed by atoms with van der Waals surface area (Å²) < 4.78 is 45.9. The van der Waals surface area contributed by atoms with Gasteiger partial charge in [-0.25, -0.2) is 9.78 Å². The monoisotopic (exact) mass is 371 g/mol. The smallest absolute Gasteiger partial charge is 0.359 e. The van der Waals surface area contributed by atoms with Gasteiger partial charge in [-0.05, 0) is 5.92 Å². The van der Waals surface area contributed by atoms with Crippen LogP contribution in [-0.2, 0) is 20.1 Å². The SMILES string of the molecule is CC(C)c1cc(Cn2c(=O)c3c(ncn3CC(F)(F)F)n(C)c2=O)on1. The molecule has 0 fully saturated rings. The zero-order valence-corrected chi connectivity index (χ0v) is 14.2. The van der Waals surface area contributed by atoms with Crippen LogP contribution in [0.3, 0.4) is 0 Å². The normalized spacial score (nSPS) is 12.4. The second-order valence-corrected chi connectivity index (χ2v) is 6.27. The molecule has 0 aliphatic carbocycles. The van der Waals surface area contributed by atoms with Crippen molar-refractivity contribution in [3.63, 3.8) is 0 Å². The minimum atomic E-state index is -4.53. The maximum atomic E-state index is 12.7. The molecule has 0 unspecified atom stereocenters. The Morgan fingerprint density at radius 3 is 2.54 bits per heavy atom. The van der Waals surface area contributed by atoms with Crippen LogP contribution in [0.4, 0.5) is 13.2 Å². The number of alkyl halides is 3. The van der Waals surface area contributed by atoms with E-state index >= 15 is 0 Å². The summed E-state index contributed by atoms with van der Waals surface area (Å²) >= 11 is 0. The molecule has 0 atom stereocenters. The van der Waals surface area contributed by atoms with Crippen molar-refractivity contribution in [1.82, 2.24) is 23.8 Å². The Morgan fingerprint density at radius 2 is 1.96 bits per heavy atom. The minimum absolute atomic E-state index is 0.0859. The maximum Gasteiger partial charge on any atom is 0.406 e. The van der Waals surface area contributed by atoms with Gasteiger partial charge in [-0.2, -0.15) is 13.2 Å². The molecule has 0 amide bonds. The van der Waals surface area contributed by atoms with Gasteiger partial charge in [0.05, 0.1) is 18.6 Å². The number of aryl methyl sites for hydroxylation is 1. The van der Waals surface area contributed by atoms with Crippen LogP contribution in [0.2, 0.25) is 0 Å². The molecule has 0 saturated carbocycles. The minimum Gasteiger partial charge on any atom is -0.359 e. The van der Waals surface area contributed by atoms with E-state index in [1.807, 2.05) is 13.8 Å². The highest BCUT2D eigenvalue weighted by Crippen LogP contribution is 2.19. The molecule has 0 aliphatic heterocycles. The van der Waals surface area contributed by atoms with Gasteiger partial charge < -0.3 is 9.09 Å². The summed E-state index contributed by atoms with van der Waals surface area (Å²) in [6.07, 6.45) is -3.63. The number of hydrogen-bond acceptors (Lipinski definition) is 5. The molecule has 11 heteroatoms. The lowest BCUT2D eigenvalue weighted by Gasteiger charge is -2.10. The van der Waals surface area contributed by atoms with E-state index in [1.165, 1.54) is 7.05 Å². The van der Waals surface area contributed by atoms with Crippen molar-refractivity contribution in [1.29, 1.82) is 0 Å². The third kappa shape index (κ3) is 3.16. The summed E-state index contributed by atoms with van der Waals surface area (Å²) in [7, 11) is 1.34. The Bertz CT molecular complexity index is 1070. The highest BCUT2D eigenvalue weighted by atomic mass is 19.4. The highest BCUT2D eigenvalue weighted by Gasteiger charge is 2.30. The Hall–Kier alpha value is -2.85. The summed E-state index contributed by atoms with van der Waals surface area (Å²) in [5.74, 6) is 0.344. The van der Waals surface area contributed by atoms with Crippen molar-refractivity contribution in [2.75, 3.05) is 0 Å². The van der Waals surface area contributed by atoms with Crippen LogP contribution >= 0.6 is 0 Å². The largest absolute Gasteiger partial charge is 0.406 e. The van der Waals surface area contributed by atoms with Gasteiger partial charge in [0.1, 0.15) is 6.54 Å². The van der Waals surface area contributed by atoms with Crippen LogP contribution in [0.1, 0.15) is 31.2 Å². The van der Waals surface area contributed by atoms with Gasteiger partial charge in [-0.1, -0.05) is 19.0 Å². The fourth-order valence-electron chi connectivity index (χ4n) is 2.61.